The van der Waals surface area contributed by atoms with Crippen LogP contribution >= 0.6 is 12.6 Å². The maximum absolute atomic E-state index is 9.09. The molecule has 2 N–H and O–H groups in total. The highest BCUT2D eigenvalue weighted by Crippen LogP contribution is 1.60. The number of hydrogen-bond donors (Lipinski definition) is 2. The van der Waals surface area contributed by atoms with E-state index >= 15 is 0 Å². The van der Waals surface area contributed by atoms with Crippen LogP contribution in [0.3, 0.4) is 0 Å². The highest BCUT2D eigenvalue weighted by molar-refractivity contribution is 7.96. The van der Waals surface area contributed by atoms with Gasteiger partial charge >= 0.3 is 0 Å². The summed E-state index contributed by atoms with van der Waals surface area (Å²) in [6, 6.07) is 0. The molecule has 0 aliphatic rings. The molecule has 0 aliphatic carbocycles. The second-order valence-corrected chi connectivity index (χ2v) is 0.779. The molecule has 0 bridgehead atoms. The van der Waals surface area contributed by atoms with E-state index < -0.39 is 5.24 Å². The number of primary amides is 1. The molecule has 0 saturated heterocycles. The first kappa shape index (κ1) is 9.12. The molecule has 0 heterocycles. The van der Waals surface area contributed by atoms with Gasteiger partial charge in [0.2, 0.25) is 0 Å². The topological polar surface area (TPSA) is 43.1 Å². The van der Waals surface area contributed by atoms with E-state index in [9.17, 15) is 0 Å². The molecular weight excluding hydrogens is 98.1 g/mol. The molecule has 0 spiro atoms. The van der Waals surface area contributed by atoms with Crippen LogP contribution in [0.15, 0.2) is 13.2 Å². The fraction of sp³-hybridized carbons (Fsp3) is 0. The van der Waals surface area contributed by atoms with Crippen LogP contribution in [0.25, 0.3) is 0 Å². The van der Waals surface area contributed by atoms with Crippen molar-refractivity contribution >= 4 is 17.9 Å². The van der Waals surface area contributed by atoms with E-state index in [2.05, 4.69) is 31.5 Å². The Morgan fingerprint density at radius 2 is 1.67 bits per heavy atom. The standard InChI is InChI=1S/C2H4.CH3NOS/c1-2;2-1(3)4/h1-2H2;(H3,2,3,4). The quantitative estimate of drug-likeness (QED) is 0.347. The van der Waals surface area contributed by atoms with Gasteiger partial charge in [0.25, 0.3) is 5.24 Å². The summed E-state index contributed by atoms with van der Waals surface area (Å²) in [6.45, 7) is 6.00. The monoisotopic (exact) mass is 105 g/mol. The van der Waals surface area contributed by atoms with Gasteiger partial charge in [-0.3, -0.25) is 4.79 Å². The Morgan fingerprint density at radius 1 is 1.67 bits per heavy atom. The van der Waals surface area contributed by atoms with Crippen molar-refractivity contribution < 1.29 is 4.79 Å². The largest absolute Gasteiger partial charge is 0.361 e. The summed E-state index contributed by atoms with van der Waals surface area (Å²) in [5.41, 5.74) is 4.34. The van der Waals surface area contributed by atoms with Crippen LogP contribution < -0.4 is 5.73 Å². The van der Waals surface area contributed by atoms with Crippen molar-refractivity contribution in [3.05, 3.63) is 13.2 Å². The molecule has 6 heavy (non-hydrogen) atoms. The lowest BCUT2D eigenvalue weighted by Crippen LogP contribution is -1.95. The summed E-state index contributed by atoms with van der Waals surface area (Å²) in [7, 11) is 0. The molecule has 3 heteroatoms. The average molecular weight is 105 g/mol. The molecule has 36 valence electrons. The summed E-state index contributed by atoms with van der Waals surface area (Å²) in [5.74, 6) is 0. The van der Waals surface area contributed by atoms with Crippen molar-refractivity contribution in [2.75, 3.05) is 0 Å². The number of rotatable bonds is 0. The molecule has 1 amide bonds. The minimum atomic E-state index is -0.639. The van der Waals surface area contributed by atoms with Gasteiger partial charge in [0, 0.05) is 0 Å². The zero-order chi connectivity index (χ0) is 5.58. The van der Waals surface area contributed by atoms with Crippen molar-refractivity contribution in [2.45, 2.75) is 0 Å². The number of carbonyl (C=O) groups excluding carboxylic acids is 1. The minimum Gasteiger partial charge on any atom is -0.361 e. The lowest BCUT2D eigenvalue weighted by atomic mass is 11.3. The zero-order valence-electron chi connectivity index (χ0n) is 3.35. The minimum absolute atomic E-state index is 0.639. The van der Waals surface area contributed by atoms with Crippen LogP contribution in [0, 0.1) is 0 Å². The second-order valence-electron chi connectivity index (χ2n) is 0.338. The lowest BCUT2D eigenvalue weighted by molar-refractivity contribution is 0.267. The van der Waals surface area contributed by atoms with Crippen molar-refractivity contribution in [3.63, 3.8) is 0 Å². The smallest absolute Gasteiger partial charge is 0.273 e. The van der Waals surface area contributed by atoms with Gasteiger partial charge in [-0.2, -0.15) is 0 Å². The SMILES string of the molecule is C=C.NC(=O)S. The summed E-state index contributed by atoms with van der Waals surface area (Å²) in [6.07, 6.45) is 0. The third kappa shape index (κ3) is 121. The number of carbonyl (C=O) groups is 1. The van der Waals surface area contributed by atoms with Crippen LogP contribution in [0.1, 0.15) is 0 Å². The van der Waals surface area contributed by atoms with Crippen LogP contribution in [0.2, 0.25) is 0 Å². The maximum atomic E-state index is 9.09. The van der Waals surface area contributed by atoms with E-state index in [1.54, 1.807) is 0 Å². The van der Waals surface area contributed by atoms with Gasteiger partial charge in [0.15, 0.2) is 0 Å². The normalized spacial score (nSPS) is 4.83. The molecule has 2 nitrogen and oxygen atoms in total. The molecule has 0 aromatic carbocycles. The summed E-state index contributed by atoms with van der Waals surface area (Å²) in [4.78, 5) is 9.09. The van der Waals surface area contributed by atoms with Gasteiger partial charge in [-0.15, -0.1) is 13.2 Å². The zero-order valence-corrected chi connectivity index (χ0v) is 4.24. The highest BCUT2D eigenvalue weighted by Gasteiger charge is 1.63. The van der Waals surface area contributed by atoms with E-state index in [0.29, 0.717) is 0 Å². The fourth-order valence-electron chi connectivity index (χ4n) is 0. The van der Waals surface area contributed by atoms with Crippen LogP contribution in [0.4, 0.5) is 4.79 Å². The van der Waals surface area contributed by atoms with E-state index in [1.165, 1.54) is 0 Å². The van der Waals surface area contributed by atoms with Gasteiger partial charge in [-0.25, -0.2) is 0 Å². The van der Waals surface area contributed by atoms with Gasteiger partial charge in [-0.1, -0.05) is 12.6 Å². The molecule has 0 aliphatic heterocycles. The Labute approximate surface area is 42.4 Å². The Hall–Kier alpha value is -0.440. The Kier molecular flexibility index (Phi) is 13.4. The summed E-state index contributed by atoms with van der Waals surface area (Å²) in [5, 5.41) is -0.639. The molecule has 0 rings (SSSR count). The van der Waals surface area contributed by atoms with Crippen LogP contribution in [0.5, 0.6) is 0 Å². The number of hydrogen-bond acceptors (Lipinski definition) is 1. The molecule has 0 radical (unpaired) electrons. The molecule has 0 unspecified atom stereocenters. The second kappa shape index (κ2) is 8.82. The molecular formula is C3H7NOS. The van der Waals surface area contributed by atoms with Crippen molar-refractivity contribution in [1.82, 2.24) is 0 Å². The van der Waals surface area contributed by atoms with Crippen molar-refractivity contribution in [3.8, 4) is 0 Å². The van der Waals surface area contributed by atoms with Crippen molar-refractivity contribution in [1.29, 1.82) is 0 Å². The van der Waals surface area contributed by atoms with Gasteiger partial charge in [0.05, 0.1) is 0 Å². The third-order valence-corrected chi connectivity index (χ3v) is 0. The Morgan fingerprint density at radius 3 is 1.67 bits per heavy atom. The summed E-state index contributed by atoms with van der Waals surface area (Å²) < 4.78 is 0. The van der Waals surface area contributed by atoms with Gasteiger partial charge in [-0.05, 0) is 0 Å². The van der Waals surface area contributed by atoms with Crippen LogP contribution in [-0.4, -0.2) is 5.24 Å². The van der Waals surface area contributed by atoms with Gasteiger partial charge in [0.1, 0.15) is 0 Å². The summed E-state index contributed by atoms with van der Waals surface area (Å²) >= 11 is 3.10. The van der Waals surface area contributed by atoms with Crippen LogP contribution in [-0.2, 0) is 0 Å². The van der Waals surface area contributed by atoms with E-state index in [4.69, 9.17) is 4.79 Å². The first-order valence-electron chi connectivity index (χ1n) is 1.22. The fourth-order valence-corrected chi connectivity index (χ4v) is 0. The molecule has 0 atom stereocenters. The lowest BCUT2D eigenvalue weighted by Gasteiger charge is -1.58. The van der Waals surface area contributed by atoms with Gasteiger partial charge < -0.3 is 5.73 Å². The molecule has 0 saturated carbocycles. The highest BCUT2D eigenvalue weighted by atomic mass is 32.1. The molecule has 0 aromatic rings. The first-order chi connectivity index (χ1) is 2.73. The average Bonchev–Trinajstić information content (AvgIpc) is 1.41. The Bertz CT molecular complexity index is 42.1. The maximum Gasteiger partial charge on any atom is 0.273 e. The number of nitrogens with two attached hydrogens (primary N) is 1. The predicted octanol–water partition coefficient (Wildman–Crippen LogP) is 0.797. The van der Waals surface area contributed by atoms with Crippen molar-refractivity contribution in [2.24, 2.45) is 5.73 Å². The third-order valence-electron chi connectivity index (χ3n) is 0. The number of amides is 1. The van der Waals surface area contributed by atoms with E-state index in [-0.39, 0.29) is 0 Å². The Balaban J connectivity index is 0. The molecule has 0 aromatic heterocycles. The molecule has 0 fully saturated rings. The first-order valence-corrected chi connectivity index (χ1v) is 1.66. The number of thiol groups is 1. The van der Waals surface area contributed by atoms with E-state index in [1.807, 2.05) is 0 Å². The predicted molar refractivity (Wildman–Crippen MR) is 29.8 cm³/mol. The van der Waals surface area contributed by atoms with E-state index in [0.717, 1.165) is 0 Å².